The van der Waals surface area contributed by atoms with Crippen LogP contribution in [-0.2, 0) is 6.61 Å². The van der Waals surface area contributed by atoms with Gasteiger partial charge in [-0.25, -0.2) is 0 Å². The van der Waals surface area contributed by atoms with Crippen LogP contribution in [0.2, 0.25) is 10.0 Å². The standard InChI is InChI=1S/C23H16Cl2F3NO3/c24-17-5-4-16(21(25)13-17)14-31-20-3-1-2-15(12-20)22(30)10-11-29-18-6-8-19(9-7-18)32-23(26,27)28/h1-13,29H,14H2/b11-10+. The highest BCUT2D eigenvalue weighted by Crippen LogP contribution is 2.25. The minimum absolute atomic E-state index is 0.207. The molecule has 3 rings (SSSR count). The lowest BCUT2D eigenvalue weighted by atomic mass is 10.1. The van der Waals surface area contributed by atoms with Crippen LogP contribution in [-0.4, -0.2) is 12.1 Å². The van der Waals surface area contributed by atoms with Gasteiger partial charge in [0.1, 0.15) is 18.1 Å². The summed E-state index contributed by atoms with van der Waals surface area (Å²) in [6.07, 6.45) is -2.06. The van der Waals surface area contributed by atoms with E-state index in [1.54, 1.807) is 42.5 Å². The van der Waals surface area contributed by atoms with Gasteiger partial charge in [-0.3, -0.25) is 4.79 Å². The fourth-order valence-corrected chi connectivity index (χ4v) is 3.06. The van der Waals surface area contributed by atoms with Gasteiger partial charge >= 0.3 is 6.36 Å². The maximum absolute atomic E-state index is 12.4. The van der Waals surface area contributed by atoms with E-state index in [9.17, 15) is 18.0 Å². The second-order valence-corrected chi connectivity index (χ2v) is 7.31. The van der Waals surface area contributed by atoms with E-state index in [1.165, 1.54) is 36.5 Å². The topological polar surface area (TPSA) is 47.6 Å². The van der Waals surface area contributed by atoms with E-state index in [0.29, 0.717) is 27.0 Å². The Morgan fingerprint density at radius 2 is 1.72 bits per heavy atom. The summed E-state index contributed by atoms with van der Waals surface area (Å²) in [5.41, 5.74) is 1.64. The Morgan fingerprint density at radius 1 is 0.969 bits per heavy atom. The van der Waals surface area contributed by atoms with Crippen molar-refractivity contribution in [2.24, 2.45) is 0 Å². The average molecular weight is 482 g/mol. The van der Waals surface area contributed by atoms with Crippen LogP contribution < -0.4 is 14.8 Å². The molecule has 166 valence electrons. The Bertz CT molecular complexity index is 1120. The third-order valence-electron chi connectivity index (χ3n) is 4.10. The summed E-state index contributed by atoms with van der Waals surface area (Å²) in [7, 11) is 0. The van der Waals surface area contributed by atoms with Crippen molar-refractivity contribution < 1.29 is 27.4 Å². The van der Waals surface area contributed by atoms with E-state index >= 15 is 0 Å². The molecule has 0 aliphatic rings. The lowest BCUT2D eigenvalue weighted by Gasteiger charge is -2.09. The number of hydrogen-bond acceptors (Lipinski definition) is 4. The second-order valence-electron chi connectivity index (χ2n) is 6.47. The second kappa shape index (κ2) is 10.4. The lowest BCUT2D eigenvalue weighted by molar-refractivity contribution is -0.274. The highest BCUT2D eigenvalue weighted by molar-refractivity contribution is 6.35. The van der Waals surface area contributed by atoms with Crippen LogP contribution in [0.15, 0.2) is 79.0 Å². The molecule has 0 unspecified atom stereocenters. The molecule has 0 saturated carbocycles. The van der Waals surface area contributed by atoms with Gasteiger partial charge < -0.3 is 14.8 Å². The predicted molar refractivity (Wildman–Crippen MR) is 117 cm³/mol. The maximum atomic E-state index is 12.4. The Kier molecular flexibility index (Phi) is 7.66. The van der Waals surface area contributed by atoms with Crippen molar-refractivity contribution in [1.29, 1.82) is 0 Å². The number of nitrogens with one attached hydrogen (secondary N) is 1. The molecule has 4 nitrogen and oxygen atoms in total. The van der Waals surface area contributed by atoms with Crippen molar-refractivity contribution in [2.45, 2.75) is 13.0 Å². The number of carbonyl (C=O) groups is 1. The molecule has 0 radical (unpaired) electrons. The number of alkyl halides is 3. The van der Waals surface area contributed by atoms with Crippen molar-refractivity contribution in [2.75, 3.05) is 5.32 Å². The minimum Gasteiger partial charge on any atom is -0.489 e. The van der Waals surface area contributed by atoms with Crippen molar-refractivity contribution in [3.63, 3.8) is 0 Å². The van der Waals surface area contributed by atoms with Gasteiger partial charge in [0, 0.05) is 39.1 Å². The maximum Gasteiger partial charge on any atom is 0.573 e. The molecule has 0 atom stereocenters. The normalized spacial score (nSPS) is 11.4. The van der Waals surface area contributed by atoms with E-state index in [1.807, 2.05) is 0 Å². The van der Waals surface area contributed by atoms with E-state index in [4.69, 9.17) is 27.9 Å². The third kappa shape index (κ3) is 7.21. The number of allylic oxidation sites excluding steroid dienone is 1. The number of benzene rings is 3. The van der Waals surface area contributed by atoms with Crippen LogP contribution in [0.25, 0.3) is 0 Å². The molecule has 0 bridgehead atoms. The van der Waals surface area contributed by atoms with Crippen molar-refractivity contribution >= 4 is 34.7 Å². The zero-order valence-corrected chi connectivity index (χ0v) is 17.8. The summed E-state index contributed by atoms with van der Waals surface area (Å²) in [6.45, 7) is 0.207. The molecular weight excluding hydrogens is 466 g/mol. The van der Waals surface area contributed by atoms with E-state index in [-0.39, 0.29) is 18.1 Å². The number of ether oxygens (including phenoxy) is 2. The van der Waals surface area contributed by atoms with Gasteiger partial charge in [0.2, 0.25) is 0 Å². The molecule has 3 aromatic carbocycles. The molecule has 32 heavy (non-hydrogen) atoms. The lowest BCUT2D eigenvalue weighted by Crippen LogP contribution is -2.16. The van der Waals surface area contributed by atoms with E-state index in [2.05, 4.69) is 10.1 Å². The molecule has 0 saturated heterocycles. The van der Waals surface area contributed by atoms with Gasteiger partial charge in [-0.1, -0.05) is 41.4 Å². The van der Waals surface area contributed by atoms with Crippen LogP contribution in [0.1, 0.15) is 15.9 Å². The predicted octanol–water partition coefficient (Wildman–Crippen LogP) is 7.28. The molecule has 0 aromatic heterocycles. The Morgan fingerprint density at radius 3 is 2.41 bits per heavy atom. The van der Waals surface area contributed by atoms with Crippen LogP contribution in [0.3, 0.4) is 0 Å². The van der Waals surface area contributed by atoms with Crippen LogP contribution in [0.4, 0.5) is 18.9 Å². The summed E-state index contributed by atoms with van der Waals surface area (Å²) in [5.74, 6) is -0.132. The molecule has 0 aliphatic carbocycles. The van der Waals surface area contributed by atoms with E-state index in [0.717, 1.165) is 5.56 Å². The number of ketones is 1. The quantitative estimate of drug-likeness (QED) is 0.271. The number of anilines is 1. The summed E-state index contributed by atoms with van der Waals surface area (Å²) >= 11 is 12.0. The Labute approximate surface area is 192 Å². The third-order valence-corrected chi connectivity index (χ3v) is 4.69. The summed E-state index contributed by atoms with van der Waals surface area (Å²) in [6, 6.07) is 16.8. The number of hydrogen-bond donors (Lipinski definition) is 1. The first-order valence-electron chi connectivity index (χ1n) is 9.20. The van der Waals surface area contributed by atoms with E-state index < -0.39 is 6.36 Å². The van der Waals surface area contributed by atoms with Crippen molar-refractivity contribution in [1.82, 2.24) is 0 Å². The van der Waals surface area contributed by atoms with Crippen LogP contribution in [0.5, 0.6) is 11.5 Å². The molecule has 0 spiro atoms. The van der Waals surface area contributed by atoms with Gasteiger partial charge in [0.15, 0.2) is 5.78 Å². The minimum atomic E-state index is -4.75. The molecular formula is C23H16Cl2F3NO3. The number of rotatable bonds is 8. The van der Waals surface area contributed by atoms with Gasteiger partial charge in [0.25, 0.3) is 0 Å². The molecule has 0 fully saturated rings. The fourth-order valence-electron chi connectivity index (χ4n) is 2.60. The molecule has 3 aromatic rings. The highest BCUT2D eigenvalue weighted by atomic mass is 35.5. The molecule has 0 amide bonds. The molecule has 9 heteroatoms. The van der Waals surface area contributed by atoms with Gasteiger partial charge in [0.05, 0.1) is 0 Å². The highest BCUT2D eigenvalue weighted by Gasteiger charge is 2.30. The number of halogens is 5. The summed E-state index contributed by atoms with van der Waals surface area (Å²) in [4.78, 5) is 12.4. The monoisotopic (exact) mass is 481 g/mol. The summed E-state index contributed by atoms with van der Waals surface area (Å²) in [5, 5.41) is 3.82. The van der Waals surface area contributed by atoms with Crippen molar-refractivity contribution in [3.8, 4) is 11.5 Å². The molecule has 0 heterocycles. The van der Waals surface area contributed by atoms with Gasteiger partial charge in [-0.2, -0.15) is 0 Å². The smallest absolute Gasteiger partial charge is 0.489 e. The first kappa shape index (κ1) is 23.5. The SMILES string of the molecule is O=C(/C=C/Nc1ccc(OC(F)(F)F)cc1)c1cccc(OCc2ccc(Cl)cc2Cl)c1. The average Bonchev–Trinajstić information content (AvgIpc) is 2.73. The summed E-state index contributed by atoms with van der Waals surface area (Å²) < 4.78 is 46.1. The van der Waals surface area contributed by atoms with Crippen LogP contribution in [0, 0.1) is 0 Å². The van der Waals surface area contributed by atoms with Gasteiger partial charge in [-0.15, -0.1) is 13.2 Å². The first-order chi connectivity index (χ1) is 15.2. The number of carbonyl (C=O) groups excluding carboxylic acids is 1. The Balaban J connectivity index is 1.56. The van der Waals surface area contributed by atoms with Crippen molar-refractivity contribution in [3.05, 3.63) is 100 Å². The largest absolute Gasteiger partial charge is 0.573 e. The Hall–Kier alpha value is -3.16. The van der Waals surface area contributed by atoms with Crippen LogP contribution >= 0.6 is 23.2 Å². The molecule has 1 N–H and O–H groups in total. The fraction of sp³-hybridized carbons (Fsp3) is 0.0870. The van der Waals surface area contributed by atoms with Gasteiger partial charge in [-0.05, 0) is 48.5 Å². The zero-order chi connectivity index (χ0) is 23.1. The molecule has 0 aliphatic heterocycles. The zero-order valence-electron chi connectivity index (χ0n) is 16.3. The first-order valence-corrected chi connectivity index (χ1v) is 9.95.